The quantitative estimate of drug-likeness (QED) is 0.751. The molecule has 0 radical (unpaired) electrons. The molecular weight excluding hydrogens is 408 g/mol. The van der Waals surface area contributed by atoms with Crippen molar-refractivity contribution >= 4 is 11.8 Å². The van der Waals surface area contributed by atoms with Gasteiger partial charge in [0.05, 0.1) is 19.8 Å². The molecule has 3 saturated carbocycles. The third kappa shape index (κ3) is 3.45. The summed E-state index contributed by atoms with van der Waals surface area (Å²) in [4.78, 5) is 25.9. The summed E-state index contributed by atoms with van der Waals surface area (Å²) in [5.41, 5.74) is 0.719. The number of fused-ring (bicyclic) bond motifs is 3. The lowest BCUT2D eigenvalue weighted by Gasteiger charge is -2.55. The molecule has 3 aliphatic carbocycles. The van der Waals surface area contributed by atoms with E-state index >= 15 is 0 Å². The summed E-state index contributed by atoms with van der Waals surface area (Å²) < 4.78 is 17.1. The maximum absolute atomic E-state index is 13.1. The van der Waals surface area contributed by atoms with Crippen LogP contribution >= 0.6 is 0 Å². The van der Waals surface area contributed by atoms with Crippen molar-refractivity contribution in [2.45, 2.75) is 38.0 Å². The molecule has 1 heterocycles. The molecule has 2 aromatic carbocycles. The highest BCUT2D eigenvalue weighted by atomic mass is 16.5. The van der Waals surface area contributed by atoms with Gasteiger partial charge in [0.25, 0.3) is 5.91 Å². The van der Waals surface area contributed by atoms with Crippen LogP contribution in [0, 0.1) is 17.8 Å². The van der Waals surface area contributed by atoms with Gasteiger partial charge in [-0.15, -0.1) is 0 Å². The normalized spacial score (nSPS) is 27.8. The molecule has 3 fully saturated rings. The van der Waals surface area contributed by atoms with Gasteiger partial charge >= 0.3 is 0 Å². The van der Waals surface area contributed by atoms with Crippen LogP contribution in [0.5, 0.6) is 17.2 Å². The average molecular weight is 437 g/mol. The Bertz CT molecular complexity index is 1050. The Morgan fingerprint density at radius 2 is 2.03 bits per heavy atom. The molecule has 32 heavy (non-hydrogen) atoms. The van der Waals surface area contributed by atoms with Gasteiger partial charge in [-0.1, -0.05) is 18.2 Å². The number of carbonyl (C=O) groups excluding carboxylic acids is 2. The number of hydrogen-bond donors (Lipinski definition) is 2. The van der Waals surface area contributed by atoms with Crippen molar-refractivity contribution in [3.63, 3.8) is 0 Å². The van der Waals surface area contributed by atoms with Gasteiger partial charge in [0.2, 0.25) is 5.91 Å². The molecule has 1 aliphatic heterocycles. The lowest BCUT2D eigenvalue weighted by Crippen LogP contribution is -2.66. The fourth-order valence-corrected chi connectivity index (χ4v) is 5.60. The number of carbonyl (C=O) groups is 2. The van der Waals surface area contributed by atoms with E-state index in [2.05, 4.69) is 10.6 Å². The van der Waals surface area contributed by atoms with Crippen LogP contribution in [-0.2, 0) is 11.3 Å². The number of benzene rings is 2. The molecule has 0 unspecified atom stereocenters. The second-order valence-electron chi connectivity index (χ2n) is 8.92. The monoisotopic (exact) mass is 436 g/mol. The molecule has 4 aliphatic rings. The van der Waals surface area contributed by atoms with Crippen LogP contribution in [0.4, 0.5) is 0 Å². The third-order valence-corrected chi connectivity index (χ3v) is 7.25. The summed E-state index contributed by atoms with van der Waals surface area (Å²) in [6.45, 7) is 0.433. The van der Waals surface area contributed by atoms with Crippen molar-refractivity contribution in [3.8, 4) is 17.2 Å². The first kappa shape index (κ1) is 20.7. The topological polar surface area (TPSA) is 85.9 Å². The summed E-state index contributed by atoms with van der Waals surface area (Å²) in [5.74, 6) is 2.07. The van der Waals surface area contributed by atoms with Gasteiger partial charge in [-0.05, 0) is 43.4 Å². The van der Waals surface area contributed by atoms with Crippen LogP contribution in [0.25, 0.3) is 0 Å². The molecule has 0 aromatic heterocycles. The number of rotatable bonds is 5. The SMILES string of the molecule is COc1ccc2c(c1)O[C@]1(C[C@H]3CC[C@H]1C[C@@H]3C(=O)NCc1ccccc1OC)NC2=O. The molecule has 2 amide bonds. The second-order valence-corrected chi connectivity index (χ2v) is 8.92. The largest absolute Gasteiger partial charge is 0.497 e. The molecule has 1 spiro atoms. The highest BCUT2D eigenvalue weighted by Gasteiger charge is 2.57. The van der Waals surface area contributed by atoms with Gasteiger partial charge in [0.1, 0.15) is 17.2 Å². The first-order valence-corrected chi connectivity index (χ1v) is 11.1. The lowest BCUT2D eigenvalue weighted by molar-refractivity contribution is -0.146. The van der Waals surface area contributed by atoms with E-state index in [1.54, 1.807) is 32.4 Å². The van der Waals surface area contributed by atoms with Crippen molar-refractivity contribution < 1.29 is 23.8 Å². The smallest absolute Gasteiger partial charge is 0.258 e. The predicted octanol–water partition coefficient (Wildman–Crippen LogP) is 3.27. The molecule has 0 saturated heterocycles. The summed E-state index contributed by atoms with van der Waals surface area (Å²) in [6.07, 6.45) is 3.22. The van der Waals surface area contributed by atoms with E-state index in [1.165, 1.54) is 0 Å². The van der Waals surface area contributed by atoms with Crippen molar-refractivity contribution in [2.24, 2.45) is 17.8 Å². The zero-order valence-corrected chi connectivity index (χ0v) is 18.4. The minimum atomic E-state index is -0.751. The van der Waals surface area contributed by atoms with Gasteiger partial charge in [-0.2, -0.15) is 0 Å². The van der Waals surface area contributed by atoms with Gasteiger partial charge in [0, 0.05) is 36.4 Å². The predicted molar refractivity (Wildman–Crippen MR) is 118 cm³/mol. The molecule has 4 atom stereocenters. The van der Waals surface area contributed by atoms with Crippen LogP contribution in [-0.4, -0.2) is 31.8 Å². The van der Waals surface area contributed by atoms with E-state index in [0.29, 0.717) is 36.4 Å². The third-order valence-electron chi connectivity index (χ3n) is 7.25. The fraction of sp³-hybridized carbons (Fsp3) is 0.440. The minimum Gasteiger partial charge on any atom is -0.497 e. The van der Waals surface area contributed by atoms with E-state index in [9.17, 15) is 9.59 Å². The van der Waals surface area contributed by atoms with E-state index in [-0.39, 0.29) is 29.6 Å². The molecule has 6 rings (SSSR count). The number of hydrogen-bond acceptors (Lipinski definition) is 5. The molecule has 168 valence electrons. The first-order chi connectivity index (χ1) is 15.5. The summed E-state index contributed by atoms with van der Waals surface area (Å²) in [7, 11) is 3.23. The summed E-state index contributed by atoms with van der Waals surface area (Å²) in [5, 5.41) is 6.23. The Kier molecular flexibility index (Phi) is 5.19. The number of nitrogens with one attached hydrogen (secondary N) is 2. The van der Waals surface area contributed by atoms with Gasteiger partial charge < -0.3 is 24.8 Å². The molecule has 7 heteroatoms. The van der Waals surface area contributed by atoms with Crippen molar-refractivity contribution in [3.05, 3.63) is 53.6 Å². The summed E-state index contributed by atoms with van der Waals surface area (Å²) >= 11 is 0. The second kappa shape index (κ2) is 8.04. The number of para-hydroxylation sites is 1. The van der Waals surface area contributed by atoms with Gasteiger partial charge in [-0.3, -0.25) is 9.59 Å². The van der Waals surface area contributed by atoms with E-state index < -0.39 is 5.72 Å². The number of ether oxygens (including phenoxy) is 3. The molecule has 2 N–H and O–H groups in total. The van der Waals surface area contributed by atoms with Crippen LogP contribution in [0.3, 0.4) is 0 Å². The van der Waals surface area contributed by atoms with Crippen molar-refractivity contribution in [2.75, 3.05) is 14.2 Å². The van der Waals surface area contributed by atoms with Crippen LogP contribution in [0.2, 0.25) is 0 Å². The van der Waals surface area contributed by atoms with Crippen LogP contribution in [0.1, 0.15) is 41.6 Å². The zero-order valence-electron chi connectivity index (χ0n) is 18.4. The molecule has 7 nitrogen and oxygen atoms in total. The maximum atomic E-state index is 13.1. The van der Waals surface area contributed by atoms with E-state index in [0.717, 1.165) is 24.2 Å². The Hall–Kier alpha value is -3.22. The van der Waals surface area contributed by atoms with Crippen LogP contribution < -0.4 is 24.8 Å². The number of amides is 2. The molecule has 2 bridgehead atoms. The minimum absolute atomic E-state index is 0.0599. The average Bonchev–Trinajstić information content (AvgIpc) is 2.82. The van der Waals surface area contributed by atoms with Crippen molar-refractivity contribution in [1.82, 2.24) is 10.6 Å². The van der Waals surface area contributed by atoms with Gasteiger partial charge in [-0.25, -0.2) is 0 Å². The molecule has 2 aromatic rings. The standard InChI is InChI=1S/C25H28N2O5/c1-30-18-9-10-19-22(12-18)32-25(27-24(19)29)13-15-7-8-17(25)11-20(15)23(28)26-14-16-5-3-4-6-21(16)31-2/h3-6,9-10,12,15,17,20H,7-8,11,13-14H2,1-2H3,(H,26,28)(H,27,29)/t15-,17+,20+,25+/m1/s1. The highest BCUT2D eigenvalue weighted by Crippen LogP contribution is 2.52. The Labute approximate surface area is 187 Å². The Morgan fingerprint density at radius 3 is 2.78 bits per heavy atom. The molecular formula is C25H28N2O5. The highest BCUT2D eigenvalue weighted by molar-refractivity contribution is 5.98. The van der Waals surface area contributed by atoms with Gasteiger partial charge in [0.15, 0.2) is 5.72 Å². The zero-order chi connectivity index (χ0) is 22.3. The van der Waals surface area contributed by atoms with Crippen molar-refractivity contribution in [1.29, 1.82) is 0 Å². The van der Waals surface area contributed by atoms with E-state index in [1.807, 2.05) is 24.3 Å². The Balaban J connectivity index is 1.30. The van der Waals surface area contributed by atoms with E-state index in [4.69, 9.17) is 14.2 Å². The Morgan fingerprint density at radius 1 is 1.19 bits per heavy atom. The lowest BCUT2D eigenvalue weighted by atomic mass is 9.60. The first-order valence-electron chi connectivity index (χ1n) is 11.1. The fourth-order valence-electron chi connectivity index (χ4n) is 5.60. The number of methoxy groups -OCH3 is 2. The summed E-state index contributed by atoms with van der Waals surface area (Å²) in [6, 6.07) is 13.0. The van der Waals surface area contributed by atoms with Crippen LogP contribution in [0.15, 0.2) is 42.5 Å². The maximum Gasteiger partial charge on any atom is 0.258 e.